The van der Waals surface area contributed by atoms with Crippen LogP contribution in [0.2, 0.25) is 0 Å². The van der Waals surface area contributed by atoms with Crippen LogP contribution in [-0.4, -0.2) is 149 Å². The Morgan fingerprint density at radius 3 is 0.485 bits per heavy atom. The molecule has 2 aromatic carbocycles. The largest absolute Gasteiger partial charge is 2.00 e. The normalized spacial score (nSPS) is 8.73. The topological polar surface area (TPSA) is 241 Å². The minimum absolute atomic E-state index is 0. The number of rotatable bonds is 6. The number of carbonyl (C=O) groups excluding carboxylic acids is 6. The number of carboxylic acids is 6. The van der Waals surface area contributed by atoms with Gasteiger partial charge in [0, 0.05) is 0 Å². The van der Waals surface area contributed by atoms with E-state index in [9.17, 15) is 59.4 Å². The molecule has 12 nitrogen and oxygen atoms in total. The van der Waals surface area contributed by atoms with Crippen molar-refractivity contribution in [2.75, 3.05) is 0 Å². The predicted octanol–water partition coefficient (Wildman–Crippen LogP) is -7.59. The van der Waals surface area contributed by atoms with Gasteiger partial charge in [-0.2, -0.15) is 0 Å². The van der Waals surface area contributed by atoms with Gasteiger partial charge in [-0.1, -0.05) is 0 Å². The van der Waals surface area contributed by atoms with Crippen molar-refractivity contribution in [1.29, 1.82) is 0 Å². The smallest absolute Gasteiger partial charge is 0.545 e. The summed E-state index contributed by atoms with van der Waals surface area (Å²) in [6, 6.07) is 4.48. The average molecular weight is 534 g/mol. The van der Waals surface area contributed by atoms with Gasteiger partial charge in [-0.15, -0.1) is 0 Å². The number of hydrogen-bond donors (Lipinski definition) is 0. The van der Waals surface area contributed by atoms with E-state index in [4.69, 9.17) is 0 Å². The molecule has 15 heteroatoms. The van der Waals surface area contributed by atoms with Gasteiger partial charge >= 0.3 is 113 Å². The molecule has 0 atom stereocenters. The molecule has 0 bridgehead atoms. The van der Waals surface area contributed by atoms with Crippen LogP contribution in [0.15, 0.2) is 36.4 Å². The monoisotopic (exact) mass is 534 g/mol. The van der Waals surface area contributed by atoms with Crippen LogP contribution in [0.3, 0.4) is 0 Å². The molecule has 0 aliphatic carbocycles. The summed E-state index contributed by atoms with van der Waals surface area (Å²) >= 11 is 0. The van der Waals surface area contributed by atoms with Crippen LogP contribution in [0.4, 0.5) is 0 Å². The fourth-order valence-corrected chi connectivity index (χ4v) is 1.96. The molecule has 156 valence electrons. The Bertz CT molecular complexity index is 838. The van der Waals surface area contributed by atoms with Crippen molar-refractivity contribution in [2.24, 2.45) is 0 Å². The molecule has 0 saturated carbocycles. The third-order valence-corrected chi connectivity index (χ3v) is 3.28. The van der Waals surface area contributed by atoms with Gasteiger partial charge in [0.05, 0.1) is 35.8 Å². The zero-order valence-corrected chi connectivity index (χ0v) is 23.1. The van der Waals surface area contributed by atoms with Crippen LogP contribution in [0.25, 0.3) is 0 Å². The Morgan fingerprint density at radius 1 is 0.333 bits per heavy atom. The van der Waals surface area contributed by atoms with Crippen molar-refractivity contribution in [1.82, 2.24) is 0 Å². The van der Waals surface area contributed by atoms with Gasteiger partial charge in [-0.25, -0.2) is 0 Å². The molecule has 33 heavy (non-hydrogen) atoms. The Hall–Kier alpha value is -0.961. The second-order valence-corrected chi connectivity index (χ2v) is 5.32. The molecule has 0 heterocycles. The third kappa shape index (κ3) is 11.8. The van der Waals surface area contributed by atoms with E-state index in [1.54, 1.807) is 0 Å². The molecule has 0 unspecified atom stereocenters. The Kier molecular flexibility index (Phi) is 18.4. The van der Waals surface area contributed by atoms with Gasteiger partial charge in [0.1, 0.15) is 0 Å². The molecular formula is C18H6Ca3O12. The van der Waals surface area contributed by atoms with Crippen LogP contribution in [0.5, 0.6) is 0 Å². The van der Waals surface area contributed by atoms with Gasteiger partial charge in [-0.3, -0.25) is 0 Å². The number of carbonyl (C=O) groups is 6. The summed E-state index contributed by atoms with van der Waals surface area (Å²) in [6.07, 6.45) is 0. The van der Waals surface area contributed by atoms with Gasteiger partial charge in [0.2, 0.25) is 0 Å². The minimum Gasteiger partial charge on any atom is -0.545 e. The zero-order valence-electron chi connectivity index (χ0n) is 16.5. The second kappa shape index (κ2) is 16.6. The molecule has 0 aliphatic rings. The molecule has 0 N–H and O–H groups in total. The summed E-state index contributed by atoms with van der Waals surface area (Å²) in [7, 11) is 0. The van der Waals surface area contributed by atoms with Crippen LogP contribution in [-0.2, 0) is 0 Å². The summed E-state index contributed by atoms with van der Waals surface area (Å²) < 4.78 is 0. The number of aromatic carboxylic acids is 6. The van der Waals surface area contributed by atoms with E-state index in [1.807, 2.05) is 0 Å². The number of benzene rings is 2. The van der Waals surface area contributed by atoms with Crippen molar-refractivity contribution in [3.8, 4) is 0 Å². The first kappa shape index (κ1) is 36.6. The van der Waals surface area contributed by atoms with Crippen molar-refractivity contribution in [3.63, 3.8) is 0 Å². The van der Waals surface area contributed by atoms with Crippen molar-refractivity contribution in [3.05, 3.63) is 69.8 Å². The molecule has 0 aliphatic heterocycles. The van der Waals surface area contributed by atoms with Gasteiger partial charge in [0.25, 0.3) is 0 Å². The first-order valence-corrected chi connectivity index (χ1v) is 7.41. The summed E-state index contributed by atoms with van der Waals surface area (Å²) in [4.78, 5) is 62.5. The van der Waals surface area contributed by atoms with Crippen molar-refractivity contribution in [2.45, 2.75) is 0 Å². The Morgan fingerprint density at radius 2 is 0.424 bits per heavy atom. The fourth-order valence-electron chi connectivity index (χ4n) is 1.96. The number of carboxylic acid groups (broad SMARTS) is 6. The maximum atomic E-state index is 10.4. The van der Waals surface area contributed by atoms with Crippen LogP contribution >= 0.6 is 0 Å². The van der Waals surface area contributed by atoms with E-state index in [1.165, 1.54) is 0 Å². The Labute approximate surface area is 274 Å². The molecule has 0 fully saturated rings. The van der Waals surface area contributed by atoms with Gasteiger partial charge < -0.3 is 59.4 Å². The van der Waals surface area contributed by atoms with E-state index in [-0.39, 0.29) is 113 Å². The van der Waals surface area contributed by atoms with E-state index < -0.39 is 69.2 Å². The summed E-state index contributed by atoms with van der Waals surface area (Å²) in [5.41, 5.74) is -3.36. The zero-order chi connectivity index (χ0) is 23.2. The van der Waals surface area contributed by atoms with Gasteiger partial charge in [-0.05, 0) is 69.8 Å². The SMILES string of the molecule is O=C([O-])c1cc(C(=O)[O-])cc(C(=O)[O-])c1.O=C([O-])c1cc(C(=O)[O-])cc(C(=O)[O-])c1.[Ca+2].[Ca+2].[Ca+2]. The average Bonchev–Trinajstić information content (AvgIpc) is 2.67. The van der Waals surface area contributed by atoms with E-state index in [0.717, 1.165) is 36.4 Å². The first-order chi connectivity index (χ1) is 13.8. The predicted molar refractivity (Wildman–Crippen MR) is 96.1 cm³/mol. The molecule has 2 aromatic rings. The quantitative estimate of drug-likeness (QED) is 0.314. The molecule has 0 saturated heterocycles. The van der Waals surface area contributed by atoms with E-state index >= 15 is 0 Å². The summed E-state index contributed by atoms with van der Waals surface area (Å²) in [6.45, 7) is 0. The first-order valence-electron chi connectivity index (χ1n) is 7.41. The molecule has 0 radical (unpaired) electrons. The molecule has 2 rings (SSSR count). The van der Waals surface area contributed by atoms with Gasteiger partial charge in [0.15, 0.2) is 0 Å². The maximum Gasteiger partial charge on any atom is 2.00 e. The third-order valence-electron chi connectivity index (χ3n) is 3.28. The standard InChI is InChI=1S/2C9H6O6.3Ca/c2*10-7(11)4-1-5(8(12)13)3-6(2-4)9(14)15;;;/h2*1-3H,(H,10,11)(H,12,13)(H,14,15);;;/q;;3*+2/p-6. The summed E-state index contributed by atoms with van der Waals surface area (Å²) in [5, 5.41) is 62.5. The van der Waals surface area contributed by atoms with Crippen LogP contribution in [0.1, 0.15) is 62.1 Å². The van der Waals surface area contributed by atoms with Crippen molar-refractivity contribution >= 4 is 149 Å². The van der Waals surface area contributed by atoms with Crippen molar-refractivity contribution < 1.29 is 59.4 Å². The van der Waals surface area contributed by atoms with E-state index in [2.05, 4.69) is 0 Å². The Balaban J connectivity index is -0.000000500. The molecule has 0 spiro atoms. The molecular weight excluding hydrogens is 528 g/mol. The fraction of sp³-hybridized carbons (Fsp3) is 0. The number of hydrogen-bond acceptors (Lipinski definition) is 12. The molecule has 0 aromatic heterocycles. The second-order valence-electron chi connectivity index (χ2n) is 5.32. The summed E-state index contributed by atoms with van der Waals surface area (Å²) in [5.74, 6) is -10.1. The maximum absolute atomic E-state index is 10.4. The molecule has 0 amide bonds. The minimum atomic E-state index is -1.68. The van der Waals surface area contributed by atoms with E-state index in [0.29, 0.717) is 0 Å². The van der Waals surface area contributed by atoms with Crippen LogP contribution in [0, 0.1) is 0 Å². The van der Waals surface area contributed by atoms with Crippen LogP contribution < -0.4 is 30.6 Å².